The standard InChI is InChI=1S/C23H29ClNO4S/c1-23(2,3)29-22(26)12-13-25-14-15-30(27)21(16-25)17-8-10-18(11-9-17)28-20-7-5-4-6-19(20)24/h4-11,21,27H,12-16H2,1-3H3/q+1. The van der Waals surface area contributed by atoms with E-state index in [0.29, 0.717) is 41.8 Å². The third-order valence-corrected chi connectivity index (χ3v) is 6.73. The average Bonchev–Trinajstić information content (AvgIpc) is 2.68. The van der Waals surface area contributed by atoms with Crippen LogP contribution in [-0.2, 0) is 20.7 Å². The highest BCUT2D eigenvalue weighted by atomic mass is 35.5. The van der Waals surface area contributed by atoms with E-state index in [1.807, 2.05) is 63.2 Å². The van der Waals surface area contributed by atoms with Crippen molar-refractivity contribution < 1.29 is 18.8 Å². The molecule has 0 radical (unpaired) electrons. The lowest BCUT2D eigenvalue weighted by atomic mass is 10.1. The molecule has 3 rings (SSSR count). The summed E-state index contributed by atoms with van der Waals surface area (Å²) in [5.74, 6) is 1.83. The Kier molecular flexibility index (Phi) is 7.69. The van der Waals surface area contributed by atoms with Gasteiger partial charge in [-0.25, -0.2) is 0 Å². The molecule has 1 heterocycles. The molecule has 0 saturated carbocycles. The van der Waals surface area contributed by atoms with E-state index in [0.717, 1.165) is 12.1 Å². The molecular weight excluding hydrogens is 422 g/mol. The number of benzene rings is 2. The molecule has 2 aromatic carbocycles. The molecule has 5 nitrogen and oxygen atoms in total. The first-order valence-electron chi connectivity index (χ1n) is 10.1. The van der Waals surface area contributed by atoms with Crippen molar-refractivity contribution in [3.8, 4) is 11.5 Å². The average molecular weight is 451 g/mol. The highest BCUT2D eigenvalue weighted by Crippen LogP contribution is 2.32. The van der Waals surface area contributed by atoms with Gasteiger partial charge in [-0.2, -0.15) is 4.55 Å². The van der Waals surface area contributed by atoms with Gasteiger partial charge in [-0.05, 0) is 45.0 Å². The van der Waals surface area contributed by atoms with Crippen LogP contribution in [0.3, 0.4) is 0 Å². The van der Waals surface area contributed by atoms with Crippen LogP contribution in [0.1, 0.15) is 38.0 Å². The topological polar surface area (TPSA) is 59.0 Å². The zero-order chi connectivity index (χ0) is 21.7. The molecule has 1 aliphatic heterocycles. The number of nitrogens with zero attached hydrogens (tertiary/aromatic N) is 1. The van der Waals surface area contributed by atoms with Gasteiger partial charge in [0.25, 0.3) is 0 Å². The van der Waals surface area contributed by atoms with Crippen molar-refractivity contribution in [3.05, 3.63) is 59.1 Å². The van der Waals surface area contributed by atoms with Crippen molar-refractivity contribution in [2.45, 2.75) is 38.0 Å². The van der Waals surface area contributed by atoms with Crippen molar-refractivity contribution in [1.29, 1.82) is 0 Å². The molecule has 0 aromatic heterocycles. The molecule has 1 N–H and O–H groups in total. The lowest BCUT2D eigenvalue weighted by Crippen LogP contribution is -2.43. The number of esters is 1. The summed E-state index contributed by atoms with van der Waals surface area (Å²) in [6.07, 6.45) is 0.355. The highest BCUT2D eigenvalue weighted by molar-refractivity contribution is 7.91. The normalized spacial score (nSPS) is 20.0. The number of carbonyl (C=O) groups is 1. The molecule has 0 amide bonds. The van der Waals surface area contributed by atoms with Crippen LogP contribution in [0.5, 0.6) is 11.5 Å². The molecule has 0 bridgehead atoms. The number of ether oxygens (including phenoxy) is 2. The minimum Gasteiger partial charge on any atom is -0.460 e. The number of hydrogen-bond acceptors (Lipinski definition) is 5. The van der Waals surface area contributed by atoms with Crippen molar-refractivity contribution in [3.63, 3.8) is 0 Å². The van der Waals surface area contributed by atoms with E-state index in [9.17, 15) is 9.35 Å². The van der Waals surface area contributed by atoms with E-state index >= 15 is 0 Å². The van der Waals surface area contributed by atoms with Gasteiger partial charge in [0, 0.05) is 18.7 Å². The first kappa shape index (κ1) is 22.9. The van der Waals surface area contributed by atoms with Gasteiger partial charge >= 0.3 is 5.97 Å². The first-order valence-corrected chi connectivity index (χ1v) is 11.9. The summed E-state index contributed by atoms with van der Waals surface area (Å²) in [5.41, 5.74) is 0.599. The monoisotopic (exact) mass is 450 g/mol. The molecule has 0 aliphatic carbocycles. The quantitative estimate of drug-likeness (QED) is 0.477. The fourth-order valence-electron chi connectivity index (χ4n) is 3.29. The molecular formula is C23H29ClNO4S+. The number of para-hydroxylation sites is 1. The summed E-state index contributed by atoms with van der Waals surface area (Å²) in [4.78, 5) is 14.2. The highest BCUT2D eigenvalue weighted by Gasteiger charge is 2.38. The van der Waals surface area contributed by atoms with Crippen LogP contribution in [-0.4, -0.2) is 46.4 Å². The second kappa shape index (κ2) is 10.1. The van der Waals surface area contributed by atoms with E-state index in [-0.39, 0.29) is 11.2 Å². The molecule has 2 unspecified atom stereocenters. The Bertz CT molecular complexity index is 853. The van der Waals surface area contributed by atoms with Gasteiger partial charge in [0.15, 0.2) is 22.2 Å². The van der Waals surface area contributed by atoms with Crippen LogP contribution in [0.15, 0.2) is 48.5 Å². The number of hydrogen-bond donors (Lipinski definition) is 1. The summed E-state index contributed by atoms with van der Waals surface area (Å²) < 4.78 is 21.8. The van der Waals surface area contributed by atoms with Gasteiger partial charge in [0.1, 0.15) is 17.1 Å². The maximum Gasteiger partial charge on any atom is 0.307 e. The molecule has 2 atom stereocenters. The number of carbonyl (C=O) groups excluding carboxylic acids is 1. The summed E-state index contributed by atoms with van der Waals surface area (Å²) in [5, 5.41) is 0.582. The minimum absolute atomic E-state index is 0.0201. The van der Waals surface area contributed by atoms with Gasteiger partial charge in [0.2, 0.25) is 0 Å². The number of halogens is 1. The van der Waals surface area contributed by atoms with Crippen molar-refractivity contribution in [1.82, 2.24) is 4.90 Å². The molecule has 1 saturated heterocycles. The van der Waals surface area contributed by atoms with Crippen molar-refractivity contribution in [2.24, 2.45) is 0 Å². The Morgan fingerprint density at radius 2 is 1.90 bits per heavy atom. The van der Waals surface area contributed by atoms with E-state index < -0.39 is 16.8 Å². The van der Waals surface area contributed by atoms with E-state index in [2.05, 4.69) is 4.90 Å². The number of rotatable bonds is 6. The summed E-state index contributed by atoms with van der Waals surface area (Å²) in [7, 11) is 0. The zero-order valence-electron chi connectivity index (χ0n) is 17.6. The zero-order valence-corrected chi connectivity index (χ0v) is 19.2. The lowest BCUT2D eigenvalue weighted by molar-refractivity contribution is -0.155. The lowest BCUT2D eigenvalue weighted by Gasteiger charge is -2.30. The predicted molar refractivity (Wildman–Crippen MR) is 122 cm³/mol. The van der Waals surface area contributed by atoms with Crippen LogP contribution in [0.25, 0.3) is 0 Å². The Morgan fingerprint density at radius 1 is 1.20 bits per heavy atom. The molecule has 1 fully saturated rings. The molecule has 1 aliphatic rings. The Morgan fingerprint density at radius 3 is 2.57 bits per heavy atom. The van der Waals surface area contributed by atoms with E-state index in [4.69, 9.17) is 21.1 Å². The Labute approximate surface area is 186 Å². The van der Waals surface area contributed by atoms with Crippen LogP contribution in [0.2, 0.25) is 5.02 Å². The Hall–Kier alpha value is -1.73. The van der Waals surface area contributed by atoms with Crippen molar-refractivity contribution in [2.75, 3.05) is 25.4 Å². The van der Waals surface area contributed by atoms with Gasteiger partial charge in [-0.15, -0.1) is 0 Å². The van der Waals surface area contributed by atoms with Crippen LogP contribution in [0.4, 0.5) is 0 Å². The molecule has 7 heteroatoms. The van der Waals surface area contributed by atoms with E-state index in [1.165, 1.54) is 0 Å². The van der Waals surface area contributed by atoms with E-state index in [1.54, 1.807) is 6.07 Å². The van der Waals surface area contributed by atoms with Crippen LogP contribution in [0, 0.1) is 0 Å². The summed E-state index contributed by atoms with van der Waals surface area (Å²) >= 11 is 5.46. The SMILES string of the molecule is CC(C)(C)OC(=O)CCN1CC[S+](O)C(c2ccc(Oc3ccccc3Cl)cc2)C1. The van der Waals surface area contributed by atoms with Gasteiger partial charge < -0.3 is 9.47 Å². The largest absolute Gasteiger partial charge is 0.460 e. The van der Waals surface area contributed by atoms with Gasteiger partial charge in [-0.1, -0.05) is 35.9 Å². The first-order chi connectivity index (χ1) is 14.2. The molecule has 2 aromatic rings. The molecule has 162 valence electrons. The Balaban J connectivity index is 1.59. The predicted octanol–water partition coefficient (Wildman–Crippen LogP) is 5.31. The van der Waals surface area contributed by atoms with Gasteiger partial charge in [-0.3, -0.25) is 9.69 Å². The summed E-state index contributed by atoms with van der Waals surface area (Å²) in [6.45, 7) is 7.76. The maximum absolute atomic E-state index is 12.0. The second-order valence-electron chi connectivity index (χ2n) is 8.33. The fourth-order valence-corrected chi connectivity index (χ4v) is 5.05. The maximum atomic E-state index is 12.0. The van der Waals surface area contributed by atoms with Crippen molar-refractivity contribution >= 4 is 28.7 Å². The summed E-state index contributed by atoms with van der Waals surface area (Å²) in [6, 6.07) is 15.1. The third-order valence-electron chi connectivity index (χ3n) is 4.74. The third kappa shape index (κ3) is 6.64. The minimum atomic E-state index is -0.698. The van der Waals surface area contributed by atoms with Crippen LogP contribution < -0.4 is 4.74 Å². The fraction of sp³-hybridized carbons (Fsp3) is 0.435. The van der Waals surface area contributed by atoms with Gasteiger partial charge in [0.05, 0.1) is 18.0 Å². The van der Waals surface area contributed by atoms with Crippen LogP contribution >= 0.6 is 11.6 Å². The smallest absolute Gasteiger partial charge is 0.307 e. The molecule has 0 spiro atoms. The second-order valence-corrected chi connectivity index (χ2v) is 10.5. The molecule has 30 heavy (non-hydrogen) atoms.